The second-order valence-corrected chi connectivity index (χ2v) is 7.80. The standard InChI is InChI=1S/C14H19N3O4S/c1-16-5-4-15-14(16)8-17(7-11-3-2-6-21-11)12-9-22(19,20)10-13(12)18/h2-6,12-13,18H,7-10H2,1H3. The molecule has 8 heteroatoms. The lowest BCUT2D eigenvalue weighted by Gasteiger charge is -2.29. The molecule has 0 aromatic carbocycles. The van der Waals surface area contributed by atoms with Crippen molar-refractivity contribution in [2.75, 3.05) is 11.5 Å². The fourth-order valence-electron chi connectivity index (χ4n) is 2.78. The van der Waals surface area contributed by atoms with Crippen LogP contribution in [0.3, 0.4) is 0 Å². The van der Waals surface area contributed by atoms with Crippen LogP contribution >= 0.6 is 0 Å². The van der Waals surface area contributed by atoms with E-state index >= 15 is 0 Å². The first-order valence-electron chi connectivity index (χ1n) is 7.06. The van der Waals surface area contributed by atoms with Gasteiger partial charge in [0.25, 0.3) is 0 Å². The third kappa shape index (κ3) is 3.23. The van der Waals surface area contributed by atoms with Gasteiger partial charge in [-0.05, 0) is 12.1 Å². The van der Waals surface area contributed by atoms with Gasteiger partial charge in [-0.2, -0.15) is 0 Å². The van der Waals surface area contributed by atoms with E-state index in [4.69, 9.17) is 4.42 Å². The summed E-state index contributed by atoms with van der Waals surface area (Å²) in [7, 11) is -1.32. The Balaban J connectivity index is 1.84. The predicted molar refractivity (Wildman–Crippen MR) is 79.6 cm³/mol. The van der Waals surface area contributed by atoms with E-state index in [1.165, 1.54) is 0 Å². The van der Waals surface area contributed by atoms with E-state index in [-0.39, 0.29) is 11.5 Å². The number of imidazole rings is 1. The van der Waals surface area contributed by atoms with Crippen LogP contribution in [0.2, 0.25) is 0 Å². The maximum absolute atomic E-state index is 11.8. The molecule has 1 aliphatic heterocycles. The Kier molecular flexibility index (Phi) is 4.07. The van der Waals surface area contributed by atoms with Gasteiger partial charge in [0.15, 0.2) is 9.84 Å². The van der Waals surface area contributed by atoms with Gasteiger partial charge in [-0.3, -0.25) is 4.90 Å². The maximum atomic E-state index is 11.8. The van der Waals surface area contributed by atoms with E-state index in [0.717, 1.165) is 11.6 Å². The zero-order chi connectivity index (χ0) is 15.7. The van der Waals surface area contributed by atoms with Crippen molar-refractivity contribution in [2.24, 2.45) is 7.05 Å². The second-order valence-electron chi connectivity index (χ2n) is 5.65. The van der Waals surface area contributed by atoms with Crippen LogP contribution in [0.5, 0.6) is 0 Å². The van der Waals surface area contributed by atoms with Gasteiger partial charge in [0, 0.05) is 19.4 Å². The van der Waals surface area contributed by atoms with E-state index in [1.54, 1.807) is 18.5 Å². The molecule has 1 aliphatic rings. The van der Waals surface area contributed by atoms with Gasteiger partial charge >= 0.3 is 0 Å². The minimum absolute atomic E-state index is 0.0424. The molecule has 3 rings (SSSR count). The number of nitrogens with zero attached hydrogens (tertiary/aromatic N) is 3. The van der Waals surface area contributed by atoms with E-state index in [2.05, 4.69) is 4.98 Å². The molecule has 0 aliphatic carbocycles. The Morgan fingerprint density at radius 2 is 2.27 bits per heavy atom. The van der Waals surface area contributed by atoms with E-state index in [1.807, 2.05) is 28.8 Å². The topological polar surface area (TPSA) is 88.6 Å². The summed E-state index contributed by atoms with van der Waals surface area (Å²) in [5.41, 5.74) is 0. The molecule has 2 unspecified atom stereocenters. The average Bonchev–Trinajstić information content (AvgIpc) is 3.12. The van der Waals surface area contributed by atoms with Crippen LogP contribution < -0.4 is 0 Å². The van der Waals surface area contributed by atoms with E-state index in [0.29, 0.717) is 13.1 Å². The number of hydrogen-bond donors (Lipinski definition) is 1. The van der Waals surface area contributed by atoms with Crippen molar-refractivity contribution in [1.29, 1.82) is 0 Å². The van der Waals surface area contributed by atoms with Crippen molar-refractivity contribution in [3.63, 3.8) is 0 Å². The molecule has 0 bridgehead atoms. The van der Waals surface area contributed by atoms with Crippen molar-refractivity contribution in [3.05, 3.63) is 42.4 Å². The Morgan fingerprint density at radius 3 is 2.82 bits per heavy atom. The van der Waals surface area contributed by atoms with Crippen LogP contribution in [0.25, 0.3) is 0 Å². The van der Waals surface area contributed by atoms with Crippen LogP contribution in [-0.2, 0) is 30.0 Å². The molecule has 22 heavy (non-hydrogen) atoms. The number of aromatic nitrogens is 2. The zero-order valence-electron chi connectivity index (χ0n) is 12.3. The fraction of sp³-hybridized carbons (Fsp3) is 0.500. The molecule has 0 saturated carbocycles. The summed E-state index contributed by atoms with van der Waals surface area (Å²) in [6.07, 6.45) is 4.22. The summed E-state index contributed by atoms with van der Waals surface area (Å²) in [5, 5.41) is 10.1. The Bertz CT molecular complexity index is 723. The molecule has 0 spiro atoms. The number of aliphatic hydroxyl groups is 1. The summed E-state index contributed by atoms with van der Waals surface area (Å²) >= 11 is 0. The Morgan fingerprint density at radius 1 is 1.45 bits per heavy atom. The summed E-state index contributed by atoms with van der Waals surface area (Å²) in [6, 6.07) is 3.17. The number of aryl methyl sites for hydroxylation is 1. The lowest BCUT2D eigenvalue weighted by molar-refractivity contribution is 0.0663. The van der Waals surface area contributed by atoms with Crippen molar-refractivity contribution in [1.82, 2.24) is 14.5 Å². The average molecular weight is 325 g/mol. The Labute approximate surface area is 129 Å². The van der Waals surface area contributed by atoms with Gasteiger partial charge in [0.05, 0.1) is 43.0 Å². The highest BCUT2D eigenvalue weighted by Crippen LogP contribution is 2.22. The van der Waals surface area contributed by atoms with Crippen LogP contribution in [-0.4, -0.2) is 51.6 Å². The number of rotatable bonds is 5. The van der Waals surface area contributed by atoms with Crippen molar-refractivity contribution >= 4 is 9.84 Å². The first-order valence-corrected chi connectivity index (χ1v) is 8.88. The fourth-order valence-corrected chi connectivity index (χ4v) is 4.61. The molecule has 1 fully saturated rings. The minimum atomic E-state index is -3.21. The molecule has 1 saturated heterocycles. The molecular weight excluding hydrogens is 306 g/mol. The van der Waals surface area contributed by atoms with Gasteiger partial charge in [-0.1, -0.05) is 0 Å². The van der Waals surface area contributed by atoms with E-state index < -0.39 is 22.0 Å². The second kappa shape index (κ2) is 5.86. The molecule has 1 N–H and O–H groups in total. The molecule has 7 nitrogen and oxygen atoms in total. The first-order chi connectivity index (χ1) is 10.4. The molecular formula is C14H19N3O4S. The minimum Gasteiger partial charge on any atom is -0.468 e. The van der Waals surface area contributed by atoms with Crippen molar-refractivity contribution < 1.29 is 17.9 Å². The lowest BCUT2D eigenvalue weighted by Crippen LogP contribution is -2.42. The molecule has 2 atom stereocenters. The largest absolute Gasteiger partial charge is 0.468 e. The molecule has 120 valence electrons. The SMILES string of the molecule is Cn1ccnc1CN(Cc1ccco1)C1CS(=O)(=O)CC1O. The van der Waals surface area contributed by atoms with Gasteiger partial charge in [-0.25, -0.2) is 13.4 Å². The van der Waals surface area contributed by atoms with Crippen molar-refractivity contribution in [3.8, 4) is 0 Å². The van der Waals surface area contributed by atoms with Gasteiger partial charge < -0.3 is 14.1 Å². The van der Waals surface area contributed by atoms with Gasteiger partial charge in [0.2, 0.25) is 0 Å². The summed E-state index contributed by atoms with van der Waals surface area (Å²) in [4.78, 5) is 6.19. The van der Waals surface area contributed by atoms with Gasteiger partial charge in [0.1, 0.15) is 11.6 Å². The maximum Gasteiger partial charge on any atom is 0.154 e. The molecule has 0 amide bonds. The predicted octanol–water partition coefficient (Wildman–Crippen LogP) is 0.173. The van der Waals surface area contributed by atoms with Gasteiger partial charge in [-0.15, -0.1) is 0 Å². The normalized spacial score (nSPS) is 24.1. The number of sulfone groups is 1. The number of hydrogen-bond acceptors (Lipinski definition) is 6. The third-order valence-electron chi connectivity index (χ3n) is 3.97. The monoisotopic (exact) mass is 325 g/mol. The molecule has 0 radical (unpaired) electrons. The quantitative estimate of drug-likeness (QED) is 0.843. The highest BCUT2D eigenvalue weighted by molar-refractivity contribution is 7.91. The lowest BCUT2D eigenvalue weighted by atomic mass is 10.1. The smallest absolute Gasteiger partial charge is 0.154 e. The van der Waals surface area contributed by atoms with Crippen LogP contribution in [0, 0.1) is 0 Å². The summed E-state index contributed by atoms with van der Waals surface area (Å²) < 4.78 is 30.8. The highest BCUT2D eigenvalue weighted by atomic mass is 32.2. The van der Waals surface area contributed by atoms with Crippen molar-refractivity contribution in [2.45, 2.75) is 25.2 Å². The Hall–Kier alpha value is -1.64. The molecule has 3 heterocycles. The zero-order valence-corrected chi connectivity index (χ0v) is 13.1. The molecule has 2 aromatic rings. The van der Waals surface area contributed by atoms with Crippen LogP contribution in [0.4, 0.5) is 0 Å². The first kappa shape index (κ1) is 15.3. The number of furan rings is 1. The van der Waals surface area contributed by atoms with Crippen LogP contribution in [0.15, 0.2) is 35.2 Å². The number of aliphatic hydroxyl groups excluding tert-OH is 1. The summed E-state index contributed by atoms with van der Waals surface area (Å²) in [6.45, 7) is 0.874. The highest BCUT2D eigenvalue weighted by Gasteiger charge is 2.40. The van der Waals surface area contributed by atoms with Crippen LogP contribution in [0.1, 0.15) is 11.6 Å². The summed E-state index contributed by atoms with van der Waals surface area (Å²) in [5.74, 6) is 1.31. The van der Waals surface area contributed by atoms with E-state index in [9.17, 15) is 13.5 Å². The third-order valence-corrected chi connectivity index (χ3v) is 5.67. The molecule has 2 aromatic heterocycles.